The van der Waals surface area contributed by atoms with E-state index in [0.29, 0.717) is 0 Å². The molecule has 0 radical (unpaired) electrons. The van der Waals surface area contributed by atoms with E-state index in [1.165, 1.54) is 19.3 Å². The second-order valence-corrected chi connectivity index (χ2v) is 4.05. The van der Waals surface area contributed by atoms with Crippen molar-refractivity contribution in [1.82, 2.24) is 5.32 Å². The number of hydrogen-bond donors (Lipinski definition) is 2. The zero-order valence-corrected chi connectivity index (χ0v) is 7.22. The number of rotatable bonds is 2. The molecule has 0 heterocycles. The van der Waals surface area contributed by atoms with Gasteiger partial charge in [0.25, 0.3) is 0 Å². The van der Waals surface area contributed by atoms with Crippen molar-refractivity contribution >= 4 is 0 Å². The maximum atomic E-state index is 5.75. The molecule has 0 aromatic carbocycles. The van der Waals surface area contributed by atoms with Crippen molar-refractivity contribution < 1.29 is 0 Å². The molecule has 2 heteroatoms. The van der Waals surface area contributed by atoms with Gasteiger partial charge in [-0.1, -0.05) is 0 Å². The molecule has 0 aromatic heterocycles. The highest BCUT2D eigenvalue weighted by atomic mass is 14.9. The maximum absolute atomic E-state index is 5.75. The third kappa shape index (κ3) is 1.00. The van der Waals surface area contributed by atoms with Crippen molar-refractivity contribution in [2.75, 3.05) is 13.6 Å². The number of hydrogen-bond acceptors (Lipinski definition) is 2. The number of fused-ring (bicyclic) bond motifs is 2. The van der Waals surface area contributed by atoms with Gasteiger partial charge in [0.05, 0.1) is 0 Å². The molecule has 2 aliphatic rings. The number of nitrogens with one attached hydrogen (secondary N) is 1. The highest BCUT2D eigenvalue weighted by Gasteiger charge is 2.45. The van der Waals surface area contributed by atoms with Gasteiger partial charge in [-0.2, -0.15) is 0 Å². The van der Waals surface area contributed by atoms with E-state index in [-0.39, 0.29) is 0 Å². The van der Waals surface area contributed by atoms with Crippen LogP contribution in [0, 0.1) is 17.8 Å². The van der Waals surface area contributed by atoms with E-state index in [2.05, 4.69) is 12.4 Å². The zero-order valence-electron chi connectivity index (χ0n) is 7.22. The summed E-state index contributed by atoms with van der Waals surface area (Å²) in [5.41, 5.74) is 5.75. The van der Waals surface area contributed by atoms with E-state index in [1.807, 2.05) is 0 Å². The standard InChI is InChI=1S/C9H18N2/c1-11-9-7-3-2-6(4-7)8(9)5-10/h6-9,11H,2-5,10H2,1H3. The highest BCUT2D eigenvalue weighted by Crippen LogP contribution is 2.47. The lowest BCUT2D eigenvalue weighted by atomic mass is 9.85. The van der Waals surface area contributed by atoms with Crippen molar-refractivity contribution in [3.63, 3.8) is 0 Å². The molecule has 4 unspecified atom stereocenters. The van der Waals surface area contributed by atoms with Gasteiger partial charge in [-0.05, 0) is 50.6 Å². The van der Waals surface area contributed by atoms with Gasteiger partial charge in [0.1, 0.15) is 0 Å². The molecule has 2 nitrogen and oxygen atoms in total. The Morgan fingerprint density at radius 1 is 1.36 bits per heavy atom. The fraction of sp³-hybridized carbons (Fsp3) is 1.00. The lowest BCUT2D eigenvalue weighted by molar-refractivity contribution is 0.264. The van der Waals surface area contributed by atoms with Crippen LogP contribution in [0.2, 0.25) is 0 Å². The summed E-state index contributed by atoms with van der Waals surface area (Å²) in [4.78, 5) is 0. The molecule has 64 valence electrons. The molecule has 2 bridgehead atoms. The normalized spacial score (nSPS) is 48.5. The summed E-state index contributed by atoms with van der Waals surface area (Å²) in [5.74, 6) is 2.67. The largest absolute Gasteiger partial charge is 0.330 e. The van der Waals surface area contributed by atoms with Gasteiger partial charge < -0.3 is 11.1 Å². The fourth-order valence-electron chi connectivity index (χ4n) is 3.20. The summed E-state index contributed by atoms with van der Waals surface area (Å²) in [5, 5.41) is 3.42. The lowest BCUT2D eigenvalue weighted by Crippen LogP contribution is -2.41. The van der Waals surface area contributed by atoms with E-state index in [4.69, 9.17) is 5.73 Å². The molecule has 0 aromatic rings. The highest BCUT2D eigenvalue weighted by molar-refractivity contribution is 5.00. The number of nitrogens with two attached hydrogens (primary N) is 1. The fourth-order valence-corrected chi connectivity index (χ4v) is 3.20. The Kier molecular flexibility index (Phi) is 1.90. The van der Waals surface area contributed by atoms with Crippen LogP contribution in [0.3, 0.4) is 0 Å². The van der Waals surface area contributed by atoms with Gasteiger partial charge in [0.2, 0.25) is 0 Å². The minimum atomic E-state index is 0.735. The molecule has 4 atom stereocenters. The van der Waals surface area contributed by atoms with Crippen LogP contribution in [0.15, 0.2) is 0 Å². The van der Waals surface area contributed by atoms with Crippen molar-refractivity contribution in [3.8, 4) is 0 Å². The first-order valence-corrected chi connectivity index (χ1v) is 4.74. The van der Waals surface area contributed by atoms with E-state index in [9.17, 15) is 0 Å². The average molecular weight is 154 g/mol. The Morgan fingerprint density at radius 2 is 2.09 bits per heavy atom. The summed E-state index contributed by atoms with van der Waals surface area (Å²) in [6, 6.07) is 0.735. The van der Waals surface area contributed by atoms with Crippen LogP contribution in [0.1, 0.15) is 19.3 Å². The van der Waals surface area contributed by atoms with Crippen LogP contribution < -0.4 is 11.1 Å². The first kappa shape index (κ1) is 7.56. The van der Waals surface area contributed by atoms with E-state index < -0.39 is 0 Å². The first-order chi connectivity index (χ1) is 5.36. The van der Waals surface area contributed by atoms with E-state index in [0.717, 1.165) is 30.3 Å². The van der Waals surface area contributed by atoms with Crippen LogP contribution in [-0.2, 0) is 0 Å². The molecular formula is C9H18N2. The van der Waals surface area contributed by atoms with Crippen LogP contribution in [-0.4, -0.2) is 19.6 Å². The summed E-state index contributed by atoms with van der Waals surface area (Å²) in [6.45, 7) is 0.882. The van der Waals surface area contributed by atoms with Crippen molar-refractivity contribution in [3.05, 3.63) is 0 Å². The summed E-state index contributed by atoms with van der Waals surface area (Å²) >= 11 is 0. The van der Waals surface area contributed by atoms with Crippen molar-refractivity contribution in [1.29, 1.82) is 0 Å². The Bertz CT molecular complexity index is 130. The van der Waals surface area contributed by atoms with Gasteiger partial charge in [0, 0.05) is 6.04 Å². The summed E-state index contributed by atoms with van der Waals surface area (Å²) in [6.07, 6.45) is 4.31. The monoisotopic (exact) mass is 154 g/mol. The maximum Gasteiger partial charge on any atom is 0.0135 e. The molecule has 0 spiro atoms. The smallest absolute Gasteiger partial charge is 0.0135 e. The topological polar surface area (TPSA) is 38.0 Å². The third-order valence-electron chi connectivity index (χ3n) is 3.69. The molecule has 0 aliphatic heterocycles. The van der Waals surface area contributed by atoms with Crippen molar-refractivity contribution in [2.45, 2.75) is 25.3 Å². The minimum Gasteiger partial charge on any atom is -0.330 e. The summed E-state index contributed by atoms with van der Waals surface area (Å²) < 4.78 is 0. The van der Waals surface area contributed by atoms with Gasteiger partial charge in [-0.3, -0.25) is 0 Å². The Morgan fingerprint density at radius 3 is 2.64 bits per heavy atom. The molecule has 2 aliphatic carbocycles. The van der Waals surface area contributed by atoms with Crippen LogP contribution in [0.5, 0.6) is 0 Å². The SMILES string of the molecule is CNC1C2CCC(C2)C1CN. The zero-order chi connectivity index (χ0) is 7.84. The lowest BCUT2D eigenvalue weighted by Gasteiger charge is -2.29. The minimum absolute atomic E-state index is 0.735. The van der Waals surface area contributed by atoms with Crippen LogP contribution in [0.4, 0.5) is 0 Å². The average Bonchev–Trinajstić information content (AvgIpc) is 2.60. The quantitative estimate of drug-likeness (QED) is 0.610. The van der Waals surface area contributed by atoms with Crippen molar-refractivity contribution in [2.24, 2.45) is 23.5 Å². The first-order valence-electron chi connectivity index (χ1n) is 4.74. The van der Waals surface area contributed by atoms with Gasteiger partial charge in [0.15, 0.2) is 0 Å². The molecule has 0 amide bonds. The summed E-state index contributed by atoms with van der Waals surface area (Å²) in [7, 11) is 2.08. The predicted octanol–water partition coefficient (Wildman–Crippen LogP) is 0.579. The van der Waals surface area contributed by atoms with Crippen LogP contribution >= 0.6 is 0 Å². The van der Waals surface area contributed by atoms with Gasteiger partial charge >= 0.3 is 0 Å². The molecule has 2 saturated carbocycles. The second kappa shape index (κ2) is 2.76. The Balaban J connectivity index is 2.08. The second-order valence-electron chi connectivity index (χ2n) is 4.05. The molecule has 3 N–H and O–H groups in total. The van der Waals surface area contributed by atoms with E-state index in [1.54, 1.807) is 0 Å². The van der Waals surface area contributed by atoms with Gasteiger partial charge in [-0.15, -0.1) is 0 Å². The Hall–Kier alpha value is -0.0800. The molecule has 2 fully saturated rings. The van der Waals surface area contributed by atoms with E-state index >= 15 is 0 Å². The molecule has 11 heavy (non-hydrogen) atoms. The molecule has 2 rings (SSSR count). The molecule has 0 saturated heterocycles. The van der Waals surface area contributed by atoms with Crippen LogP contribution in [0.25, 0.3) is 0 Å². The van der Waals surface area contributed by atoms with Gasteiger partial charge in [-0.25, -0.2) is 0 Å². The predicted molar refractivity (Wildman–Crippen MR) is 46.2 cm³/mol. The Labute approximate surface area is 68.5 Å². The third-order valence-corrected chi connectivity index (χ3v) is 3.69. The molecular weight excluding hydrogens is 136 g/mol.